The van der Waals surface area contributed by atoms with Gasteiger partial charge in [0, 0.05) is 6.04 Å². The third kappa shape index (κ3) is 2.81. The summed E-state index contributed by atoms with van der Waals surface area (Å²) < 4.78 is 13.8. The number of nitrogens with one attached hydrogen (secondary N) is 1. The summed E-state index contributed by atoms with van der Waals surface area (Å²) in [6.07, 6.45) is 6.21. The molecule has 0 radical (unpaired) electrons. The maximum Gasteiger partial charge on any atom is 0.111 e. The van der Waals surface area contributed by atoms with Crippen LogP contribution in [0.5, 0.6) is 0 Å². The summed E-state index contributed by atoms with van der Waals surface area (Å²) in [5.74, 6) is 0. The van der Waals surface area contributed by atoms with Gasteiger partial charge in [0.05, 0.1) is 0 Å². The van der Waals surface area contributed by atoms with Gasteiger partial charge in [0.25, 0.3) is 0 Å². The van der Waals surface area contributed by atoms with Crippen LogP contribution in [0.25, 0.3) is 0 Å². The lowest BCUT2D eigenvalue weighted by molar-refractivity contribution is 0.132. The predicted octanol–water partition coefficient (Wildman–Crippen LogP) is 3.07. The molecule has 14 heavy (non-hydrogen) atoms. The maximum absolute atomic E-state index is 13.8. The Labute approximate surface area is 86.8 Å². The molecule has 0 spiro atoms. The van der Waals surface area contributed by atoms with Crippen molar-refractivity contribution < 1.29 is 4.39 Å². The highest BCUT2D eigenvalue weighted by atomic mass is 19.1. The Kier molecular flexibility index (Phi) is 3.36. The third-order valence-corrected chi connectivity index (χ3v) is 3.32. The molecule has 1 nitrogen and oxygen atoms in total. The number of rotatable bonds is 1. The second kappa shape index (κ2) is 4.01. The molecule has 2 heteroatoms. The topological polar surface area (TPSA) is 12.0 Å². The summed E-state index contributed by atoms with van der Waals surface area (Å²) in [7, 11) is 1.97. The molecule has 0 aromatic rings. The fourth-order valence-corrected chi connectivity index (χ4v) is 2.04. The Hall–Kier alpha value is -0.370. The van der Waals surface area contributed by atoms with Crippen molar-refractivity contribution in [3.05, 3.63) is 12.2 Å². The number of hydrogen-bond acceptors (Lipinski definition) is 1. The Balaban J connectivity index is 2.80. The highest BCUT2D eigenvalue weighted by Crippen LogP contribution is 2.35. The van der Waals surface area contributed by atoms with E-state index in [4.69, 9.17) is 0 Å². The zero-order valence-corrected chi connectivity index (χ0v) is 9.73. The van der Waals surface area contributed by atoms with Gasteiger partial charge >= 0.3 is 0 Å². The summed E-state index contributed by atoms with van der Waals surface area (Å²) in [5.41, 5.74) is -0.883. The van der Waals surface area contributed by atoms with Crippen molar-refractivity contribution >= 4 is 0 Å². The molecule has 1 aliphatic rings. The summed E-state index contributed by atoms with van der Waals surface area (Å²) in [5, 5.41) is 3.28. The molecule has 0 heterocycles. The zero-order valence-electron chi connectivity index (χ0n) is 9.73. The van der Waals surface area contributed by atoms with Crippen LogP contribution in [0, 0.1) is 5.41 Å². The van der Waals surface area contributed by atoms with E-state index in [1.807, 2.05) is 13.1 Å². The summed E-state index contributed by atoms with van der Waals surface area (Å²) in [6.45, 7) is 6.09. The second-order valence-corrected chi connectivity index (χ2v) is 5.30. The van der Waals surface area contributed by atoms with Gasteiger partial charge in [-0.05, 0) is 38.6 Å². The highest BCUT2D eigenvalue weighted by Gasteiger charge is 2.32. The number of hydrogen-bond donors (Lipinski definition) is 1. The predicted molar refractivity (Wildman–Crippen MR) is 59.1 cm³/mol. The summed E-state index contributed by atoms with van der Waals surface area (Å²) >= 11 is 0. The monoisotopic (exact) mass is 199 g/mol. The molecular weight excluding hydrogens is 177 g/mol. The van der Waals surface area contributed by atoms with Crippen molar-refractivity contribution in [3.8, 4) is 0 Å². The lowest BCUT2D eigenvalue weighted by Crippen LogP contribution is -2.40. The minimum Gasteiger partial charge on any atom is -0.313 e. The van der Waals surface area contributed by atoms with Crippen molar-refractivity contribution in [1.29, 1.82) is 0 Å². The minimum atomic E-state index is -1.02. The molecule has 0 saturated heterocycles. The first-order chi connectivity index (χ1) is 6.37. The fourth-order valence-electron chi connectivity index (χ4n) is 2.04. The lowest BCUT2D eigenvalue weighted by Gasteiger charge is -2.36. The molecule has 1 aliphatic carbocycles. The SMILES string of the molecule is CNC1C=CCC(C)(F)CCC1(C)C. The fraction of sp³-hybridized carbons (Fsp3) is 0.833. The van der Waals surface area contributed by atoms with E-state index in [-0.39, 0.29) is 5.41 Å². The van der Waals surface area contributed by atoms with Crippen LogP contribution in [0.1, 0.15) is 40.0 Å². The highest BCUT2D eigenvalue weighted by molar-refractivity contribution is 5.05. The van der Waals surface area contributed by atoms with Crippen LogP contribution in [0.15, 0.2) is 12.2 Å². The first-order valence-electron chi connectivity index (χ1n) is 5.40. The Morgan fingerprint density at radius 3 is 2.50 bits per heavy atom. The van der Waals surface area contributed by atoms with Crippen molar-refractivity contribution in [3.63, 3.8) is 0 Å². The standard InChI is InChI=1S/C12H22FN/c1-11(2)8-9-12(3,13)7-5-6-10(11)14-4/h5-6,10,14H,7-9H2,1-4H3. The Morgan fingerprint density at radius 1 is 1.29 bits per heavy atom. The van der Waals surface area contributed by atoms with Crippen LogP contribution >= 0.6 is 0 Å². The largest absolute Gasteiger partial charge is 0.313 e. The van der Waals surface area contributed by atoms with Gasteiger partial charge < -0.3 is 5.32 Å². The molecule has 0 saturated carbocycles. The molecule has 0 amide bonds. The van der Waals surface area contributed by atoms with E-state index in [0.717, 1.165) is 6.42 Å². The van der Waals surface area contributed by atoms with E-state index in [9.17, 15) is 4.39 Å². The molecule has 0 aromatic heterocycles. The number of allylic oxidation sites excluding steroid dienone is 1. The van der Waals surface area contributed by atoms with Gasteiger partial charge in [-0.3, -0.25) is 0 Å². The van der Waals surface area contributed by atoms with Gasteiger partial charge in [-0.1, -0.05) is 26.0 Å². The number of likely N-dealkylation sites (N-methyl/N-ethyl adjacent to an activating group) is 1. The number of alkyl halides is 1. The van der Waals surface area contributed by atoms with Gasteiger partial charge in [-0.25, -0.2) is 4.39 Å². The van der Waals surface area contributed by atoms with Gasteiger partial charge in [-0.2, -0.15) is 0 Å². The Bertz CT molecular complexity index is 218. The summed E-state index contributed by atoms with van der Waals surface area (Å²) in [4.78, 5) is 0. The van der Waals surface area contributed by atoms with Crippen LogP contribution in [-0.4, -0.2) is 18.8 Å². The van der Waals surface area contributed by atoms with E-state index in [1.54, 1.807) is 6.92 Å². The van der Waals surface area contributed by atoms with Crippen LogP contribution in [0.3, 0.4) is 0 Å². The van der Waals surface area contributed by atoms with Gasteiger partial charge in [0.1, 0.15) is 5.67 Å². The van der Waals surface area contributed by atoms with Crippen LogP contribution in [-0.2, 0) is 0 Å². The third-order valence-electron chi connectivity index (χ3n) is 3.32. The normalized spacial score (nSPS) is 37.6. The van der Waals surface area contributed by atoms with Crippen molar-refractivity contribution in [1.82, 2.24) is 5.32 Å². The first kappa shape index (κ1) is 11.7. The van der Waals surface area contributed by atoms with E-state index < -0.39 is 5.67 Å². The van der Waals surface area contributed by atoms with Gasteiger partial charge in [-0.15, -0.1) is 0 Å². The first-order valence-corrected chi connectivity index (χ1v) is 5.40. The quantitative estimate of drug-likeness (QED) is 0.640. The molecule has 0 fully saturated rings. The van der Waals surface area contributed by atoms with Gasteiger partial charge in [0.2, 0.25) is 0 Å². The molecule has 2 unspecified atom stereocenters. The van der Waals surface area contributed by atoms with Crippen LogP contribution in [0.4, 0.5) is 4.39 Å². The molecule has 0 aliphatic heterocycles. The van der Waals surface area contributed by atoms with Crippen molar-refractivity contribution in [2.75, 3.05) is 7.05 Å². The smallest absolute Gasteiger partial charge is 0.111 e. The molecule has 0 bridgehead atoms. The van der Waals surface area contributed by atoms with E-state index in [0.29, 0.717) is 18.9 Å². The average Bonchev–Trinajstić information content (AvgIpc) is 2.08. The minimum absolute atomic E-state index is 0.138. The molecular formula is C12H22FN. The molecule has 1 rings (SSSR count). The summed E-state index contributed by atoms with van der Waals surface area (Å²) in [6, 6.07) is 0.360. The van der Waals surface area contributed by atoms with E-state index in [1.165, 1.54) is 0 Å². The molecule has 1 N–H and O–H groups in total. The van der Waals surface area contributed by atoms with Crippen LogP contribution < -0.4 is 5.32 Å². The number of halogens is 1. The maximum atomic E-state index is 13.8. The van der Waals surface area contributed by atoms with Gasteiger partial charge in [0.15, 0.2) is 0 Å². The second-order valence-electron chi connectivity index (χ2n) is 5.30. The lowest BCUT2D eigenvalue weighted by atomic mass is 9.75. The van der Waals surface area contributed by atoms with E-state index >= 15 is 0 Å². The van der Waals surface area contributed by atoms with Crippen molar-refractivity contribution in [2.45, 2.75) is 51.7 Å². The molecule has 82 valence electrons. The van der Waals surface area contributed by atoms with Crippen LogP contribution in [0.2, 0.25) is 0 Å². The zero-order chi connectivity index (χ0) is 10.8. The Morgan fingerprint density at radius 2 is 1.93 bits per heavy atom. The van der Waals surface area contributed by atoms with E-state index in [2.05, 4.69) is 25.2 Å². The molecule has 2 atom stereocenters. The van der Waals surface area contributed by atoms with Crippen molar-refractivity contribution in [2.24, 2.45) is 5.41 Å². The average molecular weight is 199 g/mol. The molecule has 0 aromatic carbocycles.